The summed E-state index contributed by atoms with van der Waals surface area (Å²) in [4.78, 5) is 12.7. The summed E-state index contributed by atoms with van der Waals surface area (Å²) >= 11 is 0. The van der Waals surface area contributed by atoms with Crippen LogP contribution in [0.25, 0.3) is 0 Å². The largest absolute Gasteiger partial charge is 0.497 e. The molecule has 0 aliphatic carbocycles. The number of rotatable bonds is 12. The molecule has 9 nitrogen and oxygen atoms in total. The first-order valence-electron chi connectivity index (χ1n) is 12.6. The number of carbonyl (C=O) groups excluding carboxylic acids is 1. The Kier molecular flexibility index (Phi) is 10.6. The highest BCUT2D eigenvalue weighted by molar-refractivity contribution is 5.68. The molecular weight excluding hydrogens is 500 g/mol. The van der Waals surface area contributed by atoms with Crippen molar-refractivity contribution in [2.45, 2.75) is 45.1 Å². The van der Waals surface area contributed by atoms with Crippen molar-refractivity contribution in [1.29, 1.82) is 0 Å². The van der Waals surface area contributed by atoms with Crippen molar-refractivity contribution >= 4 is 6.09 Å². The number of hydrogen-bond donors (Lipinski definition) is 3. The second-order valence-corrected chi connectivity index (χ2v) is 9.94. The summed E-state index contributed by atoms with van der Waals surface area (Å²) in [6, 6.07) is 19.2. The topological polar surface area (TPSA) is 122 Å². The number of alkyl carbamates (subject to hydrolysis) is 1. The van der Waals surface area contributed by atoms with Gasteiger partial charge in [0.15, 0.2) is 11.5 Å². The van der Waals surface area contributed by atoms with Crippen LogP contribution in [0.5, 0.6) is 23.0 Å². The highest BCUT2D eigenvalue weighted by Crippen LogP contribution is 2.36. The van der Waals surface area contributed by atoms with Gasteiger partial charge in [0, 0.05) is 6.07 Å². The number of nitrogens with one attached hydrogen (secondary N) is 1. The quantitative estimate of drug-likeness (QED) is 0.285. The lowest BCUT2D eigenvalue weighted by Gasteiger charge is -2.24. The lowest BCUT2D eigenvalue weighted by Crippen LogP contribution is -2.36. The van der Waals surface area contributed by atoms with Gasteiger partial charge in [0.05, 0.1) is 46.1 Å². The van der Waals surface area contributed by atoms with Gasteiger partial charge >= 0.3 is 6.09 Å². The Bertz CT molecular complexity index is 1210. The number of amides is 1. The van der Waals surface area contributed by atoms with Crippen LogP contribution < -0.4 is 25.3 Å². The van der Waals surface area contributed by atoms with Gasteiger partial charge in [0.25, 0.3) is 0 Å². The zero-order valence-electron chi connectivity index (χ0n) is 23.1. The number of benzene rings is 3. The molecule has 39 heavy (non-hydrogen) atoms. The van der Waals surface area contributed by atoms with Crippen LogP contribution in [0.3, 0.4) is 0 Å². The number of hydrogen-bond acceptors (Lipinski definition) is 8. The van der Waals surface area contributed by atoms with Crippen LogP contribution in [0.4, 0.5) is 4.79 Å². The molecule has 0 fully saturated rings. The molecule has 1 amide bonds. The average Bonchev–Trinajstić information content (AvgIpc) is 2.91. The predicted octanol–water partition coefficient (Wildman–Crippen LogP) is 5.27. The summed E-state index contributed by atoms with van der Waals surface area (Å²) < 4.78 is 28.6. The summed E-state index contributed by atoms with van der Waals surface area (Å²) in [6.45, 7) is 5.75. The first kappa shape index (κ1) is 29.8. The molecule has 210 valence electrons. The Hall–Kier alpha value is -3.79. The minimum atomic E-state index is -0.660. The molecule has 9 heteroatoms. The van der Waals surface area contributed by atoms with Gasteiger partial charge in [0.2, 0.25) is 0 Å². The molecule has 4 N–H and O–H groups in total. The van der Waals surface area contributed by atoms with Crippen LogP contribution >= 0.6 is 0 Å². The fraction of sp³-hybridized carbons (Fsp3) is 0.367. The molecule has 0 spiro atoms. The van der Waals surface area contributed by atoms with Crippen molar-refractivity contribution in [2.75, 3.05) is 27.4 Å². The maximum Gasteiger partial charge on any atom is 0.408 e. The first-order valence-corrected chi connectivity index (χ1v) is 12.6. The van der Waals surface area contributed by atoms with Gasteiger partial charge in [-0.15, -0.1) is 0 Å². The Morgan fingerprint density at radius 1 is 0.923 bits per heavy atom. The minimum Gasteiger partial charge on any atom is -0.497 e. The summed E-state index contributed by atoms with van der Waals surface area (Å²) in [5.74, 6) is 1.86. The number of methoxy groups -OCH3 is 2. The van der Waals surface area contributed by atoms with E-state index in [9.17, 15) is 9.90 Å². The molecule has 0 saturated carbocycles. The van der Waals surface area contributed by atoms with Gasteiger partial charge in [-0.1, -0.05) is 36.4 Å². The maximum absolute atomic E-state index is 12.7. The van der Waals surface area contributed by atoms with Crippen molar-refractivity contribution in [2.24, 2.45) is 5.73 Å². The number of aliphatic hydroxyl groups is 1. The molecule has 0 unspecified atom stereocenters. The molecule has 0 bridgehead atoms. The van der Waals surface area contributed by atoms with E-state index in [1.165, 1.54) is 7.11 Å². The SMILES string of the molecule is COc1cc(Oc2cc([C@H](COCc3ccccc3)NC(=O)OC(C)(C)C)ccc2OC)cc([C@H](N)CO)c1. The molecule has 0 saturated heterocycles. The van der Waals surface area contributed by atoms with E-state index in [1.807, 2.05) is 36.4 Å². The van der Waals surface area contributed by atoms with E-state index >= 15 is 0 Å². The molecular formula is C30H38N2O7. The third kappa shape index (κ3) is 9.17. The van der Waals surface area contributed by atoms with Crippen molar-refractivity contribution < 1.29 is 33.6 Å². The van der Waals surface area contributed by atoms with E-state index in [2.05, 4.69) is 5.32 Å². The number of aliphatic hydroxyl groups excluding tert-OH is 1. The second-order valence-electron chi connectivity index (χ2n) is 9.94. The summed E-state index contributed by atoms with van der Waals surface area (Å²) in [7, 11) is 3.08. The van der Waals surface area contributed by atoms with Gasteiger partial charge < -0.3 is 39.8 Å². The van der Waals surface area contributed by atoms with Crippen LogP contribution in [0.1, 0.15) is 49.5 Å². The third-order valence-corrected chi connectivity index (χ3v) is 5.67. The second kappa shape index (κ2) is 13.8. The van der Waals surface area contributed by atoms with Crippen LogP contribution in [0.15, 0.2) is 66.7 Å². The molecule has 0 heterocycles. The fourth-order valence-corrected chi connectivity index (χ4v) is 3.75. The monoisotopic (exact) mass is 538 g/mol. The highest BCUT2D eigenvalue weighted by atomic mass is 16.6. The molecule has 0 radical (unpaired) electrons. The fourth-order valence-electron chi connectivity index (χ4n) is 3.75. The Labute approximate surface area is 229 Å². The Morgan fingerprint density at radius 3 is 2.28 bits per heavy atom. The molecule has 2 atom stereocenters. The highest BCUT2D eigenvalue weighted by Gasteiger charge is 2.22. The third-order valence-electron chi connectivity index (χ3n) is 5.67. The zero-order chi connectivity index (χ0) is 28.4. The van der Waals surface area contributed by atoms with Gasteiger partial charge in [-0.2, -0.15) is 0 Å². The summed E-state index contributed by atoms with van der Waals surface area (Å²) in [6.07, 6.45) is -0.565. The van der Waals surface area contributed by atoms with E-state index in [0.717, 1.165) is 11.1 Å². The van der Waals surface area contributed by atoms with Crippen LogP contribution in [0.2, 0.25) is 0 Å². The molecule has 3 rings (SSSR count). The summed E-state index contributed by atoms with van der Waals surface area (Å²) in [5, 5.41) is 12.4. The number of nitrogens with two attached hydrogens (primary N) is 1. The van der Waals surface area contributed by atoms with Crippen LogP contribution in [-0.2, 0) is 16.1 Å². The lowest BCUT2D eigenvalue weighted by atomic mass is 10.1. The number of carbonyl (C=O) groups is 1. The molecule has 0 aliphatic heterocycles. The Balaban J connectivity index is 1.89. The standard InChI is InChI=1S/C30H38N2O7/c1-30(2,3)39-29(34)32-26(19-37-18-20-9-7-6-8-10-20)21-11-12-27(36-5)28(15-21)38-24-14-22(25(31)17-33)13-23(16-24)35-4/h6-16,25-26,33H,17-19,31H2,1-5H3,(H,32,34)/t25-,26+/m1/s1. The smallest absolute Gasteiger partial charge is 0.408 e. The van der Waals surface area contributed by atoms with E-state index in [-0.39, 0.29) is 13.2 Å². The minimum absolute atomic E-state index is 0.189. The van der Waals surface area contributed by atoms with Crippen LogP contribution in [-0.4, -0.2) is 44.2 Å². The summed E-state index contributed by atoms with van der Waals surface area (Å²) in [5.41, 5.74) is 7.76. The van der Waals surface area contributed by atoms with Gasteiger partial charge in [-0.05, 0) is 61.7 Å². The van der Waals surface area contributed by atoms with Crippen molar-refractivity contribution in [3.8, 4) is 23.0 Å². The zero-order valence-corrected chi connectivity index (χ0v) is 23.1. The number of ether oxygens (including phenoxy) is 5. The van der Waals surface area contributed by atoms with E-state index in [4.69, 9.17) is 29.4 Å². The van der Waals surface area contributed by atoms with E-state index < -0.39 is 23.8 Å². The normalized spacial score (nSPS) is 12.8. The van der Waals surface area contributed by atoms with Gasteiger partial charge in [-0.3, -0.25) is 0 Å². The van der Waals surface area contributed by atoms with Crippen LogP contribution in [0, 0.1) is 0 Å². The van der Waals surface area contributed by atoms with Crippen molar-refractivity contribution in [3.05, 3.63) is 83.4 Å². The predicted molar refractivity (Wildman–Crippen MR) is 148 cm³/mol. The molecule has 0 aliphatic rings. The maximum atomic E-state index is 12.7. The average molecular weight is 539 g/mol. The van der Waals surface area contributed by atoms with Gasteiger partial charge in [0.1, 0.15) is 17.1 Å². The van der Waals surface area contributed by atoms with Crippen molar-refractivity contribution in [3.63, 3.8) is 0 Å². The first-order chi connectivity index (χ1) is 18.6. The van der Waals surface area contributed by atoms with Crippen molar-refractivity contribution in [1.82, 2.24) is 5.32 Å². The van der Waals surface area contributed by atoms with E-state index in [1.54, 1.807) is 58.2 Å². The molecule has 3 aromatic rings. The molecule has 3 aromatic carbocycles. The Morgan fingerprint density at radius 2 is 1.64 bits per heavy atom. The molecule has 0 aromatic heterocycles. The van der Waals surface area contributed by atoms with Gasteiger partial charge in [-0.25, -0.2) is 4.79 Å². The van der Waals surface area contributed by atoms with E-state index in [0.29, 0.717) is 35.2 Å². The lowest BCUT2D eigenvalue weighted by molar-refractivity contribution is 0.0427.